The van der Waals surface area contributed by atoms with E-state index in [9.17, 15) is 0 Å². The van der Waals surface area contributed by atoms with E-state index >= 15 is 0 Å². The van der Waals surface area contributed by atoms with Crippen LogP contribution in [0, 0.1) is 0 Å². The molecule has 1 aromatic heterocycles. The second kappa shape index (κ2) is 4.47. The second-order valence-electron chi connectivity index (χ2n) is 2.03. The van der Waals surface area contributed by atoms with Crippen LogP contribution in [-0.2, 0) is 0 Å². The maximum Gasteiger partial charge on any atom is 0.0387 e. The van der Waals surface area contributed by atoms with Crippen molar-refractivity contribution in [1.82, 2.24) is 0 Å². The Morgan fingerprint density at radius 3 is 2.80 bits per heavy atom. The third-order valence-electron chi connectivity index (χ3n) is 1.35. The molecule has 0 amide bonds. The third-order valence-corrected chi connectivity index (χ3v) is 2.35. The largest absolute Gasteiger partial charge is 0.323 e. The lowest BCUT2D eigenvalue weighted by molar-refractivity contribution is 0.712. The zero-order valence-electron chi connectivity index (χ0n) is 5.50. The van der Waals surface area contributed by atoms with Crippen LogP contribution in [0.2, 0.25) is 0 Å². The van der Waals surface area contributed by atoms with E-state index < -0.39 is 0 Å². The normalized spacial score (nSPS) is 12.2. The third kappa shape index (κ3) is 2.12. The quantitative estimate of drug-likeness (QED) is 0.702. The van der Waals surface area contributed by atoms with Gasteiger partial charge in [0.2, 0.25) is 0 Å². The van der Waals surface area contributed by atoms with Crippen LogP contribution in [0.3, 0.4) is 0 Å². The lowest BCUT2D eigenvalue weighted by Gasteiger charge is -2.02. The summed E-state index contributed by atoms with van der Waals surface area (Å²) in [6.45, 7) is 2.10. The van der Waals surface area contributed by atoms with Crippen LogP contribution in [0.1, 0.15) is 31.7 Å². The molecule has 58 valence electrons. The van der Waals surface area contributed by atoms with Crippen molar-refractivity contribution >= 4 is 11.3 Å². The first-order valence-corrected chi connectivity index (χ1v) is 4.01. The Kier molecular flexibility index (Phi) is 4.32. The van der Waals surface area contributed by atoms with Gasteiger partial charge in [-0.2, -0.15) is 0 Å². The number of hydrogen-bond acceptors (Lipinski definition) is 2. The molecule has 0 aliphatic heterocycles. The molecule has 1 rings (SSSR count). The van der Waals surface area contributed by atoms with E-state index in [0.717, 1.165) is 6.42 Å². The molecule has 0 fully saturated rings. The van der Waals surface area contributed by atoms with Crippen molar-refractivity contribution in [2.45, 2.75) is 26.8 Å². The van der Waals surface area contributed by atoms with E-state index in [-0.39, 0.29) is 13.5 Å². The number of hydrogen-bond donors (Lipinski definition) is 1. The van der Waals surface area contributed by atoms with Crippen LogP contribution in [0.5, 0.6) is 0 Å². The number of nitrogens with two attached hydrogens (primary N) is 1. The van der Waals surface area contributed by atoms with Crippen LogP contribution in [0.15, 0.2) is 17.5 Å². The molecule has 0 aliphatic carbocycles. The summed E-state index contributed by atoms with van der Waals surface area (Å²) in [4.78, 5) is 1.29. The van der Waals surface area contributed by atoms with E-state index in [4.69, 9.17) is 5.73 Å². The fraction of sp³-hybridized carbons (Fsp3) is 0.500. The molecule has 1 aromatic rings. The molecule has 1 atom stereocenters. The second-order valence-corrected chi connectivity index (χ2v) is 3.01. The van der Waals surface area contributed by atoms with E-state index in [1.54, 1.807) is 11.3 Å². The van der Waals surface area contributed by atoms with E-state index in [2.05, 4.69) is 18.4 Å². The fourth-order valence-corrected chi connectivity index (χ4v) is 1.52. The molecule has 1 heterocycles. The zero-order chi connectivity index (χ0) is 6.69. The predicted octanol–water partition coefficient (Wildman–Crippen LogP) is 2.79. The minimum Gasteiger partial charge on any atom is -0.323 e. The molecule has 0 saturated heterocycles. The summed E-state index contributed by atoms with van der Waals surface area (Å²) in [6.07, 6.45) is 1.03. The van der Waals surface area contributed by atoms with Gasteiger partial charge in [-0.1, -0.05) is 20.4 Å². The maximum atomic E-state index is 5.75. The lowest BCUT2D eigenvalue weighted by Crippen LogP contribution is -2.05. The topological polar surface area (TPSA) is 26.0 Å². The van der Waals surface area contributed by atoms with Gasteiger partial charge in [0.1, 0.15) is 0 Å². The van der Waals surface area contributed by atoms with Gasteiger partial charge >= 0.3 is 0 Å². The first kappa shape index (κ1) is 9.66. The molecular formula is C8H15NS. The highest BCUT2D eigenvalue weighted by atomic mass is 32.1. The van der Waals surface area contributed by atoms with Crippen molar-refractivity contribution < 1.29 is 0 Å². The van der Waals surface area contributed by atoms with Gasteiger partial charge in [0, 0.05) is 10.9 Å². The Morgan fingerprint density at radius 2 is 2.40 bits per heavy atom. The standard InChI is InChI=1S/C7H11NS.CH4/c1-2-6(8)7-4-3-5-9-7;/h3-6H,2,8H2,1H3;1H4/t6-;/m1./s1. The molecule has 2 heteroatoms. The SMILES string of the molecule is C.CC[C@@H](N)c1cccs1. The molecule has 0 aliphatic rings. The van der Waals surface area contributed by atoms with Gasteiger partial charge in [-0.05, 0) is 17.9 Å². The molecule has 0 aromatic carbocycles. The van der Waals surface area contributed by atoms with Gasteiger partial charge < -0.3 is 5.73 Å². The highest BCUT2D eigenvalue weighted by molar-refractivity contribution is 7.10. The fourth-order valence-electron chi connectivity index (χ4n) is 0.703. The number of thiophene rings is 1. The smallest absolute Gasteiger partial charge is 0.0387 e. The Bertz CT molecular complexity index is 158. The van der Waals surface area contributed by atoms with Crippen LogP contribution >= 0.6 is 11.3 Å². The van der Waals surface area contributed by atoms with Crippen molar-refractivity contribution in [2.75, 3.05) is 0 Å². The first-order valence-electron chi connectivity index (χ1n) is 3.13. The van der Waals surface area contributed by atoms with E-state index in [1.807, 2.05) is 6.07 Å². The van der Waals surface area contributed by atoms with Crippen LogP contribution < -0.4 is 5.73 Å². The molecule has 10 heavy (non-hydrogen) atoms. The van der Waals surface area contributed by atoms with Crippen molar-refractivity contribution in [3.63, 3.8) is 0 Å². The summed E-state index contributed by atoms with van der Waals surface area (Å²) in [5, 5.41) is 2.06. The molecule has 2 N–H and O–H groups in total. The van der Waals surface area contributed by atoms with Gasteiger partial charge in [0.05, 0.1) is 0 Å². The van der Waals surface area contributed by atoms with Crippen molar-refractivity contribution in [3.8, 4) is 0 Å². The van der Waals surface area contributed by atoms with Crippen LogP contribution in [0.4, 0.5) is 0 Å². The molecule has 1 nitrogen and oxygen atoms in total. The molecule has 0 spiro atoms. The predicted molar refractivity (Wildman–Crippen MR) is 48.3 cm³/mol. The number of rotatable bonds is 2. The Hall–Kier alpha value is -0.340. The minimum absolute atomic E-state index is 0. The van der Waals surface area contributed by atoms with Crippen LogP contribution in [-0.4, -0.2) is 0 Å². The summed E-state index contributed by atoms with van der Waals surface area (Å²) in [7, 11) is 0. The summed E-state index contributed by atoms with van der Waals surface area (Å²) in [5.74, 6) is 0. The Labute approximate surface area is 66.9 Å². The summed E-state index contributed by atoms with van der Waals surface area (Å²) in [6, 6.07) is 4.37. The minimum atomic E-state index is 0. The Balaban J connectivity index is 0.000000810. The molecule has 0 radical (unpaired) electrons. The Morgan fingerprint density at radius 1 is 1.70 bits per heavy atom. The highest BCUT2D eigenvalue weighted by Crippen LogP contribution is 2.18. The molecule has 0 saturated carbocycles. The summed E-state index contributed by atoms with van der Waals surface area (Å²) < 4.78 is 0. The van der Waals surface area contributed by atoms with Crippen molar-refractivity contribution in [1.29, 1.82) is 0 Å². The van der Waals surface area contributed by atoms with Gasteiger partial charge in [-0.25, -0.2) is 0 Å². The highest BCUT2D eigenvalue weighted by Gasteiger charge is 2.01. The average Bonchev–Trinajstić information content (AvgIpc) is 2.37. The summed E-state index contributed by atoms with van der Waals surface area (Å²) >= 11 is 1.73. The van der Waals surface area contributed by atoms with Crippen LogP contribution in [0.25, 0.3) is 0 Å². The van der Waals surface area contributed by atoms with Gasteiger partial charge in [0.15, 0.2) is 0 Å². The molecule has 0 bridgehead atoms. The van der Waals surface area contributed by atoms with Gasteiger partial charge in [0.25, 0.3) is 0 Å². The van der Waals surface area contributed by atoms with E-state index in [0.29, 0.717) is 0 Å². The average molecular weight is 157 g/mol. The van der Waals surface area contributed by atoms with Crippen molar-refractivity contribution in [2.24, 2.45) is 5.73 Å². The first-order chi connectivity index (χ1) is 4.34. The van der Waals surface area contributed by atoms with E-state index in [1.165, 1.54) is 4.88 Å². The van der Waals surface area contributed by atoms with Gasteiger partial charge in [-0.15, -0.1) is 11.3 Å². The molecular weight excluding hydrogens is 142 g/mol. The monoisotopic (exact) mass is 157 g/mol. The summed E-state index contributed by atoms with van der Waals surface area (Å²) in [5.41, 5.74) is 5.75. The van der Waals surface area contributed by atoms with Crippen molar-refractivity contribution in [3.05, 3.63) is 22.4 Å². The molecule has 0 unspecified atom stereocenters. The lowest BCUT2D eigenvalue weighted by atomic mass is 10.2. The van der Waals surface area contributed by atoms with Gasteiger partial charge in [-0.3, -0.25) is 0 Å². The maximum absolute atomic E-state index is 5.75. The zero-order valence-corrected chi connectivity index (χ0v) is 6.32.